The first-order valence-corrected chi connectivity index (χ1v) is 5.21. The molecule has 0 spiro atoms. The predicted molar refractivity (Wildman–Crippen MR) is 60.0 cm³/mol. The Hall–Kier alpha value is -0.760. The Morgan fingerprint density at radius 1 is 1.69 bits per heavy atom. The largest absolute Gasteiger partial charge is 0.353 e. The summed E-state index contributed by atoms with van der Waals surface area (Å²) < 4.78 is 3.38. The summed E-state index contributed by atoms with van der Waals surface area (Å²) in [4.78, 5) is 0. The fourth-order valence-corrected chi connectivity index (χ4v) is 2.56. The summed E-state index contributed by atoms with van der Waals surface area (Å²) in [5.41, 5.74) is 2.56. The van der Waals surface area contributed by atoms with E-state index in [1.165, 1.54) is 14.8 Å². The molecule has 0 saturated carbocycles. The summed E-state index contributed by atoms with van der Waals surface area (Å²) in [6.45, 7) is 0. The topological polar surface area (TPSA) is 28.7 Å². The molecule has 1 aromatic heterocycles. The van der Waals surface area contributed by atoms with Crippen molar-refractivity contribution < 1.29 is 0 Å². The molecule has 0 radical (unpaired) electrons. The molecule has 0 saturated heterocycles. The van der Waals surface area contributed by atoms with Gasteiger partial charge in [0.1, 0.15) is 0 Å². The molecule has 0 aromatic carbocycles. The monoisotopic (exact) mass is 284 g/mol. The average Bonchev–Trinajstić information content (AvgIpc) is 2.42. The van der Waals surface area contributed by atoms with Gasteiger partial charge in [-0.25, -0.2) is 0 Å². The molecule has 1 aliphatic rings. The smallest absolute Gasteiger partial charge is 0.0701 e. The predicted octanol–water partition coefficient (Wildman–Crippen LogP) is 2.34. The normalized spacial score (nSPS) is 19.6. The van der Waals surface area contributed by atoms with Crippen LogP contribution in [0, 0.1) is 20.8 Å². The van der Waals surface area contributed by atoms with Crippen LogP contribution in [0.4, 0.5) is 0 Å². The molecule has 1 aromatic rings. The summed E-state index contributed by atoms with van der Waals surface area (Å²) in [6, 6.07) is 2.28. The van der Waals surface area contributed by atoms with Gasteiger partial charge in [-0.15, -0.1) is 0 Å². The van der Waals surface area contributed by atoms with Crippen molar-refractivity contribution in [2.75, 3.05) is 0 Å². The minimum atomic E-state index is 0.0527. The number of aryl methyl sites for hydroxylation is 1. The third-order valence-electron chi connectivity index (χ3n) is 2.38. The maximum absolute atomic E-state index is 8.80. The molecular weight excluding hydrogens is 275 g/mol. The van der Waals surface area contributed by atoms with Crippen LogP contribution in [0.5, 0.6) is 0 Å². The molecule has 1 heterocycles. The average molecular weight is 284 g/mol. The molecule has 3 heteroatoms. The molecule has 0 N–H and O–H groups in total. The van der Waals surface area contributed by atoms with Crippen molar-refractivity contribution in [1.29, 1.82) is 5.26 Å². The van der Waals surface area contributed by atoms with E-state index in [-0.39, 0.29) is 5.92 Å². The van der Waals surface area contributed by atoms with Crippen LogP contribution in [0.25, 0.3) is 6.08 Å². The molecule has 1 aliphatic carbocycles. The number of allylic oxidation sites excluding steroid dienone is 1. The van der Waals surface area contributed by atoms with Crippen LogP contribution in [0.3, 0.4) is 0 Å². The van der Waals surface area contributed by atoms with Crippen LogP contribution in [-0.4, -0.2) is 4.57 Å². The van der Waals surface area contributed by atoms with Crippen LogP contribution in [0.15, 0.2) is 12.3 Å². The number of aromatic nitrogens is 1. The van der Waals surface area contributed by atoms with Gasteiger partial charge in [-0.05, 0) is 22.6 Å². The summed E-state index contributed by atoms with van der Waals surface area (Å²) in [7, 11) is 2.04. The van der Waals surface area contributed by atoms with Gasteiger partial charge >= 0.3 is 0 Å². The van der Waals surface area contributed by atoms with Gasteiger partial charge in [0.2, 0.25) is 0 Å². The first-order valence-electron chi connectivity index (χ1n) is 4.14. The summed E-state index contributed by atoms with van der Waals surface area (Å²) in [6.07, 6.45) is 7.01. The van der Waals surface area contributed by atoms with E-state index in [0.29, 0.717) is 0 Å². The second kappa shape index (κ2) is 3.18. The maximum atomic E-state index is 8.80. The molecule has 2 nitrogen and oxygen atoms in total. The maximum Gasteiger partial charge on any atom is 0.0701 e. The second-order valence-corrected chi connectivity index (χ2v) is 4.41. The highest BCUT2D eigenvalue weighted by Crippen LogP contribution is 2.27. The third kappa shape index (κ3) is 1.39. The fourth-order valence-electron chi connectivity index (χ4n) is 1.65. The van der Waals surface area contributed by atoms with E-state index in [4.69, 9.17) is 5.26 Å². The third-order valence-corrected chi connectivity index (χ3v) is 3.23. The van der Waals surface area contributed by atoms with E-state index in [1.807, 2.05) is 13.1 Å². The zero-order valence-electron chi connectivity index (χ0n) is 7.29. The van der Waals surface area contributed by atoms with Crippen molar-refractivity contribution in [1.82, 2.24) is 4.57 Å². The van der Waals surface area contributed by atoms with Crippen molar-refractivity contribution in [3.63, 3.8) is 0 Å². The molecular formula is C10H9IN2. The first-order chi connectivity index (χ1) is 6.22. The van der Waals surface area contributed by atoms with Gasteiger partial charge in [0.15, 0.2) is 0 Å². The molecule has 0 bridgehead atoms. The first kappa shape index (κ1) is 8.82. The van der Waals surface area contributed by atoms with E-state index in [9.17, 15) is 0 Å². The number of nitrogens with zero attached hydrogens (tertiary/aromatic N) is 2. The van der Waals surface area contributed by atoms with Crippen LogP contribution in [0.1, 0.15) is 11.3 Å². The number of fused-ring (bicyclic) bond motifs is 1. The molecule has 1 unspecified atom stereocenters. The van der Waals surface area contributed by atoms with E-state index in [2.05, 4.69) is 45.5 Å². The van der Waals surface area contributed by atoms with Gasteiger partial charge in [-0.1, -0.05) is 12.2 Å². The van der Waals surface area contributed by atoms with Gasteiger partial charge < -0.3 is 4.57 Å². The molecule has 1 atom stereocenters. The van der Waals surface area contributed by atoms with E-state index in [0.717, 1.165) is 6.42 Å². The minimum Gasteiger partial charge on any atom is -0.353 e. The van der Waals surface area contributed by atoms with E-state index in [1.54, 1.807) is 0 Å². The quantitative estimate of drug-likeness (QED) is 0.672. The second-order valence-electron chi connectivity index (χ2n) is 3.25. The standard InChI is InChI=1S/C10H9IN2/c1-13-6-9(11)8-3-2-7(5-12)4-10(8)13/h2-3,6-7H,4H2,1H3. The fraction of sp³-hybridized carbons (Fsp3) is 0.300. The van der Waals surface area contributed by atoms with Crippen molar-refractivity contribution in [3.8, 4) is 6.07 Å². The van der Waals surface area contributed by atoms with E-state index >= 15 is 0 Å². The lowest BCUT2D eigenvalue weighted by molar-refractivity contribution is 0.730. The Balaban J connectivity index is 2.50. The number of rotatable bonds is 0. The SMILES string of the molecule is Cn1cc(I)c2c1CC(C#N)C=C2. The van der Waals surface area contributed by atoms with Crippen molar-refractivity contribution in [3.05, 3.63) is 27.1 Å². The van der Waals surface area contributed by atoms with Gasteiger partial charge in [-0.2, -0.15) is 5.26 Å². The van der Waals surface area contributed by atoms with Crippen LogP contribution in [0.2, 0.25) is 0 Å². The van der Waals surface area contributed by atoms with Gasteiger partial charge in [0, 0.05) is 34.5 Å². The lowest BCUT2D eigenvalue weighted by Gasteiger charge is -2.12. The summed E-state index contributed by atoms with van der Waals surface area (Å²) in [5, 5.41) is 8.80. The van der Waals surface area contributed by atoms with E-state index < -0.39 is 0 Å². The number of hydrogen-bond donors (Lipinski definition) is 0. The van der Waals surface area contributed by atoms with Crippen molar-refractivity contribution in [2.24, 2.45) is 13.0 Å². The zero-order valence-corrected chi connectivity index (χ0v) is 9.45. The van der Waals surface area contributed by atoms with Gasteiger partial charge in [0.25, 0.3) is 0 Å². The highest BCUT2D eigenvalue weighted by molar-refractivity contribution is 14.1. The van der Waals surface area contributed by atoms with Crippen LogP contribution in [-0.2, 0) is 13.5 Å². The Bertz CT molecular complexity index is 409. The molecule has 66 valence electrons. The zero-order chi connectivity index (χ0) is 9.42. The van der Waals surface area contributed by atoms with Crippen molar-refractivity contribution in [2.45, 2.75) is 6.42 Å². The minimum absolute atomic E-state index is 0.0527. The van der Waals surface area contributed by atoms with Gasteiger partial charge in [-0.3, -0.25) is 0 Å². The molecule has 0 amide bonds. The molecule has 0 fully saturated rings. The summed E-state index contributed by atoms with van der Waals surface area (Å²) in [5.74, 6) is 0.0527. The highest BCUT2D eigenvalue weighted by Gasteiger charge is 2.18. The highest BCUT2D eigenvalue weighted by atomic mass is 127. The molecule has 2 rings (SSSR count). The van der Waals surface area contributed by atoms with Gasteiger partial charge in [0.05, 0.1) is 12.0 Å². The van der Waals surface area contributed by atoms with Crippen molar-refractivity contribution >= 4 is 28.7 Å². The Morgan fingerprint density at radius 2 is 2.46 bits per heavy atom. The Labute approximate surface area is 91.0 Å². The Morgan fingerprint density at radius 3 is 3.15 bits per heavy atom. The van der Waals surface area contributed by atoms with Crippen LogP contribution < -0.4 is 0 Å². The Kier molecular flexibility index (Phi) is 2.16. The molecule has 0 aliphatic heterocycles. The lowest BCUT2D eigenvalue weighted by atomic mass is 9.96. The molecule has 13 heavy (non-hydrogen) atoms. The van der Waals surface area contributed by atoms with Crippen LogP contribution >= 0.6 is 22.6 Å². The lowest BCUT2D eigenvalue weighted by Crippen LogP contribution is -2.07. The summed E-state index contributed by atoms with van der Waals surface area (Å²) >= 11 is 2.33. The number of hydrogen-bond acceptors (Lipinski definition) is 1. The number of halogens is 1. The number of nitriles is 1.